The van der Waals surface area contributed by atoms with Gasteiger partial charge in [0.1, 0.15) is 5.75 Å². The second-order valence-corrected chi connectivity index (χ2v) is 6.99. The number of azo groups is 1. The number of nitro benzene ring substituents is 1. The summed E-state index contributed by atoms with van der Waals surface area (Å²) in [5.74, 6) is 0.889. The van der Waals surface area contributed by atoms with E-state index >= 15 is 0 Å². The fourth-order valence-corrected chi connectivity index (χ4v) is 2.85. The van der Waals surface area contributed by atoms with Gasteiger partial charge in [0.2, 0.25) is 0 Å². The number of nitro groups is 1. The van der Waals surface area contributed by atoms with Gasteiger partial charge in [-0.2, -0.15) is 10.2 Å². The molecule has 0 aliphatic heterocycles. The van der Waals surface area contributed by atoms with Crippen LogP contribution in [-0.4, -0.2) is 11.5 Å². The van der Waals surface area contributed by atoms with Gasteiger partial charge in [-0.3, -0.25) is 10.1 Å². The zero-order valence-corrected chi connectivity index (χ0v) is 17.0. The van der Waals surface area contributed by atoms with Crippen molar-refractivity contribution in [2.75, 3.05) is 6.61 Å². The minimum Gasteiger partial charge on any atom is -0.493 e. The number of hydrogen-bond acceptors (Lipinski definition) is 5. The van der Waals surface area contributed by atoms with Crippen LogP contribution in [0.1, 0.15) is 56.6 Å². The van der Waals surface area contributed by atoms with E-state index in [2.05, 4.69) is 17.2 Å². The smallest absolute Gasteiger partial charge is 0.269 e. The van der Waals surface area contributed by atoms with Gasteiger partial charge in [0.05, 0.1) is 22.9 Å². The second kappa shape index (κ2) is 11.2. The van der Waals surface area contributed by atoms with Gasteiger partial charge in [-0.15, -0.1) is 0 Å². The average molecular weight is 383 g/mol. The zero-order valence-electron chi connectivity index (χ0n) is 17.0. The highest BCUT2D eigenvalue weighted by molar-refractivity contribution is 5.53. The molecule has 0 aliphatic rings. The van der Waals surface area contributed by atoms with Crippen LogP contribution < -0.4 is 4.74 Å². The second-order valence-electron chi connectivity index (χ2n) is 6.99. The van der Waals surface area contributed by atoms with Crippen molar-refractivity contribution < 1.29 is 9.66 Å². The lowest BCUT2D eigenvalue weighted by Crippen LogP contribution is -1.99. The van der Waals surface area contributed by atoms with Crippen LogP contribution >= 0.6 is 0 Å². The number of hydrogen-bond donors (Lipinski definition) is 0. The normalized spacial score (nSPS) is 11.1. The summed E-state index contributed by atoms with van der Waals surface area (Å²) in [6, 6.07) is 9.97. The molecule has 6 nitrogen and oxygen atoms in total. The van der Waals surface area contributed by atoms with E-state index in [0.717, 1.165) is 35.6 Å². The Balaban J connectivity index is 1.92. The van der Waals surface area contributed by atoms with Gasteiger partial charge in [0, 0.05) is 12.1 Å². The van der Waals surface area contributed by atoms with E-state index in [9.17, 15) is 10.1 Å². The summed E-state index contributed by atoms with van der Waals surface area (Å²) >= 11 is 0. The number of benzene rings is 2. The molecule has 0 atom stereocenters. The third-order valence-corrected chi connectivity index (χ3v) is 4.58. The summed E-state index contributed by atoms with van der Waals surface area (Å²) in [6.07, 6.45) is 7.45. The van der Waals surface area contributed by atoms with Gasteiger partial charge in [0.15, 0.2) is 0 Å². The van der Waals surface area contributed by atoms with Gasteiger partial charge >= 0.3 is 0 Å². The Kier molecular flexibility index (Phi) is 8.59. The maximum Gasteiger partial charge on any atom is 0.269 e. The third-order valence-electron chi connectivity index (χ3n) is 4.58. The van der Waals surface area contributed by atoms with Crippen molar-refractivity contribution in [2.24, 2.45) is 10.2 Å². The van der Waals surface area contributed by atoms with Crippen LogP contribution in [0.4, 0.5) is 17.1 Å². The molecule has 0 spiro atoms. The molecular weight excluding hydrogens is 354 g/mol. The van der Waals surface area contributed by atoms with Gasteiger partial charge < -0.3 is 4.74 Å². The van der Waals surface area contributed by atoms with Crippen LogP contribution in [0.25, 0.3) is 0 Å². The Bertz CT molecular complexity index is 801. The fourth-order valence-electron chi connectivity index (χ4n) is 2.85. The number of aryl methyl sites for hydroxylation is 2. The van der Waals surface area contributed by atoms with Crippen molar-refractivity contribution in [3.8, 4) is 5.75 Å². The highest BCUT2D eigenvalue weighted by Crippen LogP contribution is 2.30. The number of non-ortho nitro benzene ring substituents is 1. The molecule has 150 valence electrons. The molecule has 0 aromatic heterocycles. The van der Waals surface area contributed by atoms with Gasteiger partial charge in [-0.05, 0) is 55.7 Å². The monoisotopic (exact) mass is 383 g/mol. The van der Waals surface area contributed by atoms with Crippen LogP contribution in [0.5, 0.6) is 5.75 Å². The molecule has 2 aromatic carbocycles. The topological polar surface area (TPSA) is 77.1 Å². The Labute approximate surface area is 166 Å². The third kappa shape index (κ3) is 6.76. The maximum absolute atomic E-state index is 10.7. The molecule has 6 heteroatoms. The van der Waals surface area contributed by atoms with Crippen molar-refractivity contribution in [3.63, 3.8) is 0 Å². The Morgan fingerprint density at radius 3 is 2.29 bits per heavy atom. The summed E-state index contributed by atoms with van der Waals surface area (Å²) in [5, 5.41) is 19.2. The SMILES string of the molecule is CCCCCCCCOc1cc(C)c(N=Nc2ccc([N+](=O)[O-])cc2)cc1C. The van der Waals surface area contributed by atoms with Crippen molar-refractivity contribution in [1.82, 2.24) is 0 Å². The van der Waals surface area contributed by atoms with Crippen molar-refractivity contribution >= 4 is 17.1 Å². The first-order chi connectivity index (χ1) is 13.5. The molecule has 0 bridgehead atoms. The molecule has 28 heavy (non-hydrogen) atoms. The van der Waals surface area contributed by atoms with Gasteiger partial charge in [-0.1, -0.05) is 39.0 Å². The molecule has 0 unspecified atom stereocenters. The van der Waals surface area contributed by atoms with Crippen molar-refractivity contribution in [2.45, 2.75) is 59.3 Å². The molecule has 0 aliphatic carbocycles. The average Bonchev–Trinajstić information content (AvgIpc) is 2.68. The molecular formula is C22H29N3O3. The first-order valence-corrected chi connectivity index (χ1v) is 9.91. The first-order valence-electron chi connectivity index (χ1n) is 9.91. The molecule has 0 N–H and O–H groups in total. The summed E-state index contributed by atoms with van der Waals surface area (Å²) < 4.78 is 5.94. The summed E-state index contributed by atoms with van der Waals surface area (Å²) in [6.45, 7) is 6.93. The lowest BCUT2D eigenvalue weighted by atomic mass is 10.1. The van der Waals surface area contributed by atoms with Crippen LogP contribution in [0.15, 0.2) is 46.6 Å². The van der Waals surface area contributed by atoms with Crippen molar-refractivity contribution in [3.05, 3.63) is 57.6 Å². The predicted octanol–water partition coefficient (Wildman–Crippen LogP) is 7.37. The quantitative estimate of drug-likeness (QED) is 0.176. The first kappa shape index (κ1) is 21.5. The van der Waals surface area contributed by atoms with Gasteiger partial charge in [0.25, 0.3) is 5.69 Å². The van der Waals surface area contributed by atoms with E-state index in [0.29, 0.717) is 5.69 Å². The van der Waals surface area contributed by atoms with E-state index in [-0.39, 0.29) is 5.69 Å². The van der Waals surface area contributed by atoms with E-state index in [1.165, 1.54) is 44.2 Å². The number of nitrogens with zero attached hydrogens (tertiary/aromatic N) is 3. The van der Waals surface area contributed by atoms with Gasteiger partial charge in [-0.25, -0.2) is 0 Å². The molecule has 0 fully saturated rings. The van der Waals surface area contributed by atoms with E-state index < -0.39 is 4.92 Å². The predicted molar refractivity (Wildman–Crippen MR) is 112 cm³/mol. The fraction of sp³-hybridized carbons (Fsp3) is 0.455. The van der Waals surface area contributed by atoms with Crippen LogP contribution in [0.3, 0.4) is 0 Å². The lowest BCUT2D eigenvalue weighted by molar-refractivity contribution is -0.384. The highest BCUT2D eigenvalue weighted by Gasteiger charge is 2.07. The molecule has 0 saturated carbocycles. The molecule has 2 rings (SSSR count). The standard InChI is InChI=1S/C22H29N3O3/c1-4-5-6-7-8-9-14-28-22-16-17(2)21(15-18(22)3)24-23-19-10-12-20(13-11-19)25(26)27/h10-13,15-16H,4-9,14H2,1-3H3. The number of rotatable bonds is 11. The minimum atomic E-state index is -0.432. The summed E-state index contributed by atoms with van der Waals surface area (Å²) in [7, 11) is 0. The van der Waals surface area contributed by atoms with Crippen molar-refractivity contribution in [1.29, 1.82) is 0 Å². The summed E-state index contributed by atoms with van der Waals surface area (Å²) in [4.78, 5) is 10.3. The molecule has 0 heterocycles. The van der Waals surface area contributed by atoms with E-state index in [1.54, 1.807) is 12.1 Å². The molecule has 2 aromatic rings. The number of ether oxygens (including phenoxy) is 1. The van der Waals surface area contributed by atoms with Crippen LogP contribution in [0.2, 0.25) is 0 Å². The molecule has 0 saturated heterocycles. The lowest BCUT2D eigenvalue weighted by Gasteiger charge is -2.11. The Morgan fingerprint density at radius 1 is 0.929 bits per heavy atom. The van der Waals surface area contributed by atoms with E-state index in [4.69, 9.17) is 4.74 Å². The molecule has 0 amide bonds. The van der Waals surface area contributed by atoms with E-state index in [1.807, 2.05) is 26.0 Å². The van der Waals surface area contributed by atoms with Crippen LogP contribution in [-0.2, 0) is 0 Å². The highest BCUT2D eigenvalue weighted by atomic mass is 16.6. The zero-order chi connectivity index (χ0) is 20.4. The van der Waals surface area contributed by atoms with Crippen LogP contribution in [0, 0.1) is 24.0 Å². The minimum absolute atomic E-state index is 0.0397. The molecule has 0 radical (unpaired) electrons. The summed E-state index contributed by atoms with van der Waals surface area (Å²) in [5.41, 5.74) is 3.38. The number of unbranched alkanes of at least 4 members (excludes halogenated alkanes) is 5. The Morgan fingerprint density at radius 2 is 1.61 bits per heavy atom. The largest absolute Gasteiger partial charge is 0.493 e. The Hall–Kier alpha value is -2.76. The maximum atomic E-state index is 10.7.